The normalized spacial score (nSPS) is 13.7. The molecule has 0 aliphatic heterocycles. The molecule has 0 fully saturated rings. The van der Waals surface area contributed by atoms with Crippen molar-refractivity contribution in [3.63, 3.8) is 0 Å². The zero-order chi connectivity index (χ0) is 13.7. The maximum Gasteiger partial charge on any atom is 0.292 e. The average Bonchev–Trinajstić information content (AvgIpc) is 2.37. The average molecular weight is 251 g/mol. The van der Waals surface area contributed by atoms with Crippen LogP contribution in [0, 0.1) is 16.0 Å². The third-order valence-electron chi connectivity index (χ3n) is 2.92. The Morgan fingerprint density at radius 1 is 1.50 bits per heavy atom. The van der Waals surface area contributed by atoms with Gasteiger partial charge in [-0.25, -0.2) is 0 Å². The van der Waals surface area contributed by atoms with E-state index in [-0.39, 0.29) is 17.3 Å². The molecule has 0 aliphatic rings. The quantitative estimate of drug-likeness (QED) is 0.616. The molecule has 1 aromatic rings. The van der Waals surface area contributed by atoms with Crippen molar-refractivity contribution in [3.8, 4) is 0 Å². The first-order valence-electron chi connectivity index (χ1n) is 5.77. The van der Waals surface area contributed by atoms with Crippen molar-refractivity contribution in [1.29, 1.82) is 0 Å². The Kier molecular flexibility index (Phi) is 4.79. The first kappa shape index (κ1) is 14.1. The largest absolute Gasteiger partial charge is 0.320 e. The number of hydrogen-bond acceptors (Lipinski definition) is 4. The van der Waals surface area contributed by atoms with E-state index in [1.807, 2.05) is 13.8 Å². The molecule has 0 aromatic heterocycles. The lowest BCUT2D eigenvalue weighted by molar-refractivity contribution is -0.383. The summed E-state index contributed by atoms with van der Waals surface area (Å²) in [4.78, 5) is 22.1. The van der Waals surface area contributed by atoms with Crippen LogP contribution in [0.25, 0.3) is 0 Å². The van der Waals surface area contributed by atoms with Crippen molar-refractivity contribution >= 4 is 17.3 Å². The summed E-state index contributed by atoms with van der Waals surface area (Å²) in [5.41, 5.74) is 5.80. The molecule has 6 heteroatoms. The number of nitro benzene ring substituents is 1. The lowest BCUT2D eigenvalue weighted by Crippen LogP contribution is -2.40. The van der Waals surface area contributed by atoms with Gasteiger partial charge in [-0.15, -0.1) is 0 Å². The number of nitro groups is 1. The van der Waals surface area contributed by atoms with E-state index in [0.29, 0.717) is 0 Å². The second-order valence-electron chi connectivity index (χ2n) is 4.17. The van der Waals surface area contributed by atoms with Crippen molar-refractivity contribution in [2.24, 2.45) is 11.7 Å². The van der Waals surface area contributed by atoms with Gasteiger partial charge < -0.3 is 11.1 Å². The molecule has 3 N–H and O–H groups in total. The highest BCUT2D eigenvalue weighted by molar-refractivity contribution is 5.96. The molecule has 0 bridgehead atoms. The maximum atomic E-state index is 11.8. The number of para-hydroxylation sites is 2. The van der Waals surface area contributed by atoms with E-state index >= 15 is 0 Å². The van der Waals surface area contributed by atoms with Gasteiger partial charge >= 0.3 is 0 Å². The molecule has 1 aromatic carbocycles. The predicted octanol–water partition coefficient (Wildman–Crippen LogP) is 1.91. The van der Waals surface area contributed by atoms with E-state index in [9.17, 15) is 14.9 Å². The summed E-state index contributed by atoms with van der Waals surface area (Å²) in [6, 6.07) is 5.32. The summed E-state index contributed by atoms with van der Waals surface area (Å²) in [6.07, 6.45) is 0.769. The second-order valence-corrected chi connectivity index (χ2v) is 4.17. The lowest BCUT2D eigenvalue weighted by atomic mass is 9.99. The number of hydrogen-bond donors (Lipinski definition) is 2. The van der Waals surface area contributed by atoms with Crippen molar-refractivity contribution in [2.45, 2.75) is 26.3 Å². The molecule has 0 radical (unpaired) electrons. The predicted molar refractivity (Wildman–Crippen MR) is 69.2 cm³/mol. The molecule has 98 valence electrons. The summed E-state index contributed by atoms with van der Waals surface area (Å²) < 4.78 is 0. The van der Waals surface area contributed by atoms with Gasteiger partial charge in [0, 0.05) is 6.07 Å². The van der Waals surface area contributed by atoms with Gasteiger partial charge in [-0.3, -0.25) is 14.9 Å². The fraction of sp³-hybridized carbons (Fsp3) is 0.417. The number of rotatable bonds is 5. The van der Waals surface area contributed by atoms with Gasteiger partial charge in [0.15, 0.2) is 0 Å². The van der Waals surface area contributed by atoms with E-state index < -0.39 is 16.9 Å². The highest BCUT2D eigenvalue weighted by Gasteiger charge is 2.22. The highest BCUT2D eigenvalue weighted by Crippen LogP contribution is 2.23. The zero-order valence-corrected chi connectivity index (χ0v) is 10.4. The van der Waals surface area contributed by atoms with Gasteiger partial charge in [-0.05, 0) is 12.0 Å². The summed E-state index contributed by atoms with van der Waals surface area (Å²) in [7, 11) is 0. The van der Waals surface area contributed by atoms with Crippen LogP contribution in [-0.2, 0) is 4.79 Å². The van der Waals surface area contributed by atoms with E-state index in [4.69, 9.17) is 5.73 Å². The van der Waals surface area contributed by atoms with Crippen LogP contribution in [0.2, 0.25) is 0 Å². The Morgan fingerprint density at radius 3 is 2.67 bits per heavy atom. The Morgan fingerprint density at radius 2 is 2.11 bits per heavy atom. The highest BCUT2D eigenvalue weighted by atomic mass is 16.6. The SMILES string of the molecule is CCC(C)C(N)C(=O)Nc1ccccc1[N+](=O)[O-]. The van der Waals surface area contributed by atoms with Crippen LogP contribution in [0.4, 0.5) is 11.4 Å². The van der Waals surface area contributed by atoms with E-state index in [0.717, 1.165) is 6.42 Å². The fourth-order valence-corrected chi connectivity index (χ4v) is 1.47. The van der Waals surface area contributed by atoms with E-state index in [1.165, 1.54) is 12.1 Å². The van der Waals surface area contributed by atoms with Gasteiger partial charge in [-0.2, -0.15) is 0 Å². The van der Waals surface area contributed by atoms with Crippen molar-refractivity contribution in [2.75, 3.05) is 5.32 Å². The summed E-state index contributed by atoms with van der Waals surface area (Å²) >= 11 is 0. The molecule has 1 rings (SSSR count). The van der Waals surface area contributed by atoms with Crippen molar-refractivity contribution in [1.82, 2.24) is 0 Å². The van der Waals surface area contributed by atoms with Crippen LogP contribution >= 0.6 is 0 Å². The maximum absolute atomic E-state index is 11.8. The number of nitrogens with two attached hydrogens (primary N) is 1. The van der Waals surface area contributed by atoms with Crippen LogP contribution < -0.4 is 11.1 Å². The van der Waals surface area contributed by atoms with Gasteiger partial charge in [0.25, 0.3) is 5.69 Å². The van der Waals surface area contributed by atoms with Gasteiger partial charge in [0.2, 0.25) is 5.91 Å². The van der Waals surface area contributed by atoms with Crippen LogP contribution in [0.5, 0.6) is 0 Å². The van der Waals surface area contributed by atoms with Gasteiger partial charge in [-0.1, -0.05) is 32.4 Å². The Bertz CT molecular complexity index is 448. The molecule has 6 nitrogen and oxygen atoms in total. The number of nitrogens with zero attached hydrogens (tertiary/aromatic N) is 1. The minimum absolute atomic E-state index is 0.0211. The Balaban J connectivity index is 2.85. The monoisotopic (exact) mass is 251 g/mol. The smallest absolute Gasteiger partial charge is 0.292 e. The molecule has 2 atom stereocenters. The minimum atomic E-state index is -0.671. The molecule has 0 spiro atoms. The Labute approximate surface area is 105 Å². The number of carbonyl (C=O) groups excluding carboxylic acids is 1. The molecular formula is C12H17N3O3. The Hall–Kier alpha value is -1.95. The summed E-state index contributed by atoms with van der Waals surface area (Å²) in [5.74, 6) is -0.383. The number of nitrogens with one attached hydrogen (secondary N) is 1. The van der Waals surface area contributed by atoms with E-state index in [1.54, 1.807) is 12.1 Å². The number of anilines is 1. The van der Waals surface area contributed by atoms with Crippen molar-refractivity contribution in [3.05, 3.63) is 34.4 Å². The number of amides is 1. The first-order chi connectivity index (χ1) is 8.47. The molecule has 0 aliphatic carbocycles. The van der Waals surface area contributed by atoms with Gasteiger partial charge in [0.1, 0.15) is 5.69 Å². The molecule has 0 saturated heterocycles. The lowest BCUT2D eigenvalue weighted by Gasteiger charge is -2.17. The second kappa shape index (κ2) is 6.11. The van der Waals surface area contributed by atoms with Gasteiger partial charge in [0.05, 0.1) is 11.0 Å². The molecule has 0 saturated carbocycles. The minimum Gasteiger partial charge on any atom is -0.320 e. The van der Waals surface area contributed by atoms with Crippen LogP contribution in [0.1, 0.15) is 20.3 Å². The summed E-state index contributed by atoms with van der Waals surface area (Å²) in [6.45, 7) is 3.80. The topological polar surface area (TPSA) is 98.3 Å². The molecule has 0 heterocycles. The zero-order valence-electron chi connectivity index (χ0n) is 10.4. The fourth-order valence-electron chi connectivity index (χ4n) is 1.47. The third-order valence-corrected chi connectivity index (χ3v) is 2.92. The standard InChI is InChI=1S/C12H17N3O3/c1-3-8(2)11(13)12(16)14-9-6-4-5-7-10(9)15(17)18/h4-8,11H,3,13H2,1-2H3,(H,14,16). The molecule has 2 unspecified atom stereocenters. The summed E-state index contributed by atoms with van der Waals surface area (Å²) in [5, 5.41) is 13.3. The molecule has 1 amide bonds. The van der Waals surface area contributed by atoms with Crippen LogP contribution in [-0.4, -0.2) is 16.9 Å². The van der Waals surface area contributed by atoms with E-state index in [2.05, 4.69) is 5.32 Å². The third kappa shape index (κ3) is 3.27. The molecular weight excluding hydrogens is 234 g/mol. The molecule has 18 heavy (non-hydrogen) atoms. The number of carbonyl (C=O) groups is 1. The van der Waals surface area contributed by atoms with Crippen LogP contribution in [0.15, 0.2) is 24.3 Å². The number of benzene rings is 1. The first-order valence-corrected chi connectivity index (χ1v) is 5.77. The van der Waals surface area contributed by atoms with Crippen LogP contribution in [0.3, 0.4) is 0 Å². The van der Waals surface area contributed by atoms with Crippen molar-refractivity contribution < 1.29 is 9.72 Å².